The van der Waals surface area contributed by atoms with Gasteiger partial charge < -0.3 is 14.4 Å². The number of thioether (sulfide) groups is 1. The van der Waals surface area contributed by atoms with Crippen molar-refractivity contribution in [2.75, 3.05) is 19.1 Å². The predicted molar refractivity (Wildman–Crippen MR) is 101 cm³/mol. The Balaban J connectivity index is 1.52. The third-order valence-corrected chi connectivity index (χ3v) is 5.11. The summed E-state index contributed by atoms with van der Waals surface area (Å²) in [6.45, 7) is 5.65. The minimum atomic E-state index is 0.165. The quantitative estimate of drug-likeness (QED) is 0.751. The number of aryl methyl sites for hydroxylation is 1. The molecule has 0 saturated carbocycles. The molecule has 0 saturated heterocycles. The Morgan fingerprint density at radius 1 is 1.12 bits per heavy atom. The summed E-state index contributed by atoms with van der Waals surface area (Å²) in [7, 11) is 0. The highest BCUT2D eigenvalue weighted by Gasteiger charge is 2.16. The van der Waals surface area contributed by atoms with Gasteiger partial charge in [-0.1, -0.05) is 35.9 Å². The van der Waals surface area contributed by atoms with E-state index in [4.69, 9.17) is 9.47 Å². The van der Waals surface area contributed by atoms with Crippen molar-refractivity contribution in [3.63, 3.8) is 0 Å². The normalized spacial score (nSPS) is 12.2. The Morgan fingerprint density at radius 2 is 1.96 bits per heavy atom. The SMILES string of the molecule is CCN(Cc1ccc2c(c1)OCO2)C(=O)CSCc1cccc(C)c1. The zero-order chi connectivity index (χ0) is 17.6. The number of amides is 1. The number of fused-ring (bicyclic) bond motifs is 1. The van der Waals surface area contributed by atoms with Crippen LogP contribution in [0.2, 0.25) is 0 Å². The van der Waals surface area contributed by atoms with Crippen LogP contribution in [0, 0.1) is 6.92 Å². The van der Waals surface area contributed by atoms with Gasteiger partial charge in [-0.2, -0.15) is 0 Å². The van der Waals surface area contributed by atoms with Crippen LogP contribution in [0.4, 0.5) is 0 Å². The fourth-order valence-electron chi connectivity index (χ4n) is 2.79. The molecule has 0 bridgehead atoms. The van der Waals surface area contributed by atoms with Crippen LogP contribution in [0.1, 0.15) is 23.6 Å². The number of rotatable bonds is 7. The molecular formula is C20H23NO3S. The number of carbonyl (C=O) groups excluding carboxylic acids is 1. The first-order valence-corrected chi connectivity index (χ1v) is 9.61. The topological polar surface area (TPSA) is 38.8 Å². The van der Waals surface area contributed by atoms with Crippen LogP contribution in [0.5, 0.6) is 11.5 Å². The van der Waals surface area contributed by atoms with Crippen LogP contribution in [-0.2, 0) is 17.1 Å². The highest BCUT2D eigenvalue weighted by atomic mass is 32.2. The van der Waals surface area contributed by atoms with E-state index in [0.29, 0.717) is 18.8 Å². The summed E-state index contributed by atoms with van der Waals surface area (Å²) in [6, 6.07) is 14.3. The Labute approximate surface area is 153 Å². The van der Waals surface area contributed by atoms with Gasteiger partial charge in [-0.05, 0) is 37.1 Å². The van der Waals surface area contributed by atoms with Gasteiger partial charge in [0.05, 0.1) is 5.75 Å². The summed E-state index contributed by atoms with van der Waals surface area (Å²) in [5, 5.41) is 0. The monoisotopic (exact) mass is 357 g/mol. The molecule has 0 radical (unpaired) electrons. The lowest BCUT2D eigenvalue weighted by molar-refractivity contribution is -0.128. The Kier molecular flexibility index (Phi) is 5.87. The van der Waals surface area contributed by atoms with Gasteiger partial charge in [0.15, 0.2) is 11.5 Å². The maximum absolute atomic E-state index is 12.5. The molecule has 0 N–H and O–H groups in total. The van der Waals surface area contributed by atoms with E-state index in [9.17, 15) is 4.79 Å². The zero-order valence-corrected chi connectivity index (χ0v) is 15.5. The van der Waals surface area contributed by atoms with Gasteiger partial charge in [0.2, 0.25) is 12.7 Å². The number of benzene rings is 2. The molecule has 25 heavy (non-hydrogen) atoms. The van der Waals surface area contributed by atoms with Crippen molar-refractivity contribution in [2.24, 2.45) is 0 Å². The van der Waals surface area contributed by atoms with Crippen molar-refractivity contribution in [1.82, 2.24) is 4.90 Å². The number of hydrogen-bond acceptors (Lipinski definition) is 4. The van der Waals surface area contributed by atoms with Crippen molar-refractivity contribution >= 4 is 17.7 Å². The molecule has 3 rings (SSSR count). The van der Waals surface area contributed by atoms with Crippen molar-refractivity contribution in [3.05, 3.63) is 59.2 Å². The van der Waals surface area contributed by atoms with E-state index in [-0.39, 0.29) is 12.7 Å². The molecule has 0 spiro atoms. The molecule has 0 aromatic heterocycles. The predicted octanol–water partition coefficient (Wildman–Crippen LogP) is 4.01. The second-order valence-electron chi connectivity index (χ2n) is 6.08. The smallest absolute Gasteiger partial charge is 0.232 e. The maximum Gasteiger partial charge on any atom is 0.232 e. The van der Waals surface area contributed by atoms with Crippen LogP contribution in [0.3, 0.4) is 0 Å². The lowest BCUT2D eigenvalue weighted by atomic mass is 10.2. The Hall–Kier alpha value is -2.14. The summed E-state index contributed by atoms with van der Waals surface area (Å²) in [5.74, 6) is 3.04. The van der Waals surface area contributed by atoms with Crippen LogP contribution in [0.25, 0.3) is 0 Å². The molecule has 1 heterocycles. The fourth-order valence-corrected chi connectivity index (χ4v) is 3.66. The fraction of sp³-hybridized carbons (Fsp3) is 0.350. The minimum absolute atomic E-state index is 0.165. The average molecular weight is 357 g/mol. The van der Waals surface area contributed by atoms with E-state index in [0.717, 1.165) is 22.8 Å². The highest BCUT2D eigenvalue weighted by molar-refractivity contribution is 7.99. The first-order valence-electron chi connectivity index (χ1n) is 8.45. The molecule has 132 valence electrons. The molecule has 0 atom stereocenters. The third kappa shape index (κ3) is 4.69. The lowest BCUT2D eigenvalue weighted by Gasteiger charge is -2.21. The first kappa shape index (κ1) is 17.7. The first-order chi connectivity index (χ1) is 12.2. The summed E-state index contributed by atoms with van der Waals surface area (Å²) >= 11 is 1.66. The van der Waals surface area contributed by atoms with Gasteiger partial charge >= 0.3 is 0 Å². The van der Waals surface area contributed by atoms with Crippen molar-refractivity contribution in [1.29, 1.82) is 0 Å². The summed E-state index contributed by atoms with van der Waals surface area (Å²) < 4.78 is 10.7. The highest BCUT2D eigenvalue weighted by Crippen LogP contribution is 2.32. The zero-order valence-electron chi connectivity index (χ0n) is 14.7. The van der Waals surface area contributed by atoms with E-state index < -0.39 is 0 Å². The van der Waals surface area contributed by atoms with Crippen LogP contribution >= 0.6 is 11.8 Å². The maximum atomic E-state index is 12.5. The average Bonchev–Trinajstić information content (AvgIpc) is 3.07. The molecule has 2 aromatic rings. The van der Waals surface area contributed by atoms with E-state index in [1.54, 1.807) is 11.8 Å². The largest absolute Gasteiger partial charge is 0.454 e. The molecule has 1 amide bonds. The van der Waals surface area contributed by atoms with Gasteiger partial charge in [-0.3, -0.25) is 4.79 Å². The number of nitrogens with zero attached hydrogens (tertiary/aromatic N) is 1. The standard InChI is InChI=1S/C20H23NO3S/c1-3-21(11-16-7-8-18-19(10-16)24-14-23-18)20(22)13-25-12-17-6-4-5-15(2)9-17/h4-10H,3,11-14H2,1-2H3. The molecule has 4 nitrogen and oxygen atoms in total. The number of ether oxygens (including phenoxy) is 2. The van der Waals surface area contributed by atoms with Gasteiger partial charge in [0.1, 0.15) is 0 Å². The van der Waals surface area contributed by atoms with Gasteiger partial charge in [0.25, 0.3) is 0 Å². The Bertz CT molecular complexity index is 747. The van der Waals surface area contributed by atoms with Gasteiger partial charge in [-0.15, -0.1) is 11.8 Å². The second kappa shape index (κ2) is 8.30. The summed E-state index contributed by atoms with van der Waals surface area (Å²) in [4.78, 5) is 14.4. The summed E-state index contributed by atoms with van der Waals surface area (Å²) in [6.07, 6.45) is 0. The molecule has 0 fully saturated rings. The van der Waals surface area contributed by atoms with Crippen molar-refractivity contribution in [3.8, 4) is 11.5 Å². The third-order valence-electron chi connectivity index (χ3n) is 4.12. The molecule has 1 aliphatic heterocycles. The lowest BCUT2D eigenvalue weighted by Crippen LogP contribution is -2.31. The van der Waals surface area contributed by atoms with Gasteiger partial charge in [0, 0.05) is 18.8 Å². The minimum Gasteiger partial charge on any atom is -0.454 e. The molecular weight excluding hydrogens is 334 g/mol. The Morgan fingerprint density at radius 3 is 2.76 bits per heavy atom. The van der Waals surface area contributed by atoms with E-state index in [2.05, 4.69) is 31.2 Å². The molecule has 5 heteroatoms. The van der Waals surface area contributed by atoms with Crippen LogP contribution in [-0.4, -0.2) is 29.9 Å². The molecule has 2 aromatic carbocycles. The van der Waals surface area contributed by atoms with Crippen molar-refractivity contribution < 1.29 is 14.3 Å². The van der Waals surface area contributed by atoms with E-state index in [1.807, 2.05) is 30.0 Å². The molecule has 1 aliphatic rings. The van der Waals surface area contributed by atoms with Crippen molar-refractivity contribution in [2.45, 2.75) is 26.1 Å². The van der Waals surface area contributed by atoms with E-state index in [1.165, 1.54) is 11.1 Å². The second-order valence-corrected chi connectivity index (χ2v) is 7.06. The summed E-state index contributed by atoms with van der Waals surface area (Å²) in [5.41, 5.74) is 3.57. The van der Waals surface area contributed by atoms with Gasteiger partial charge in [-0.25, -0.2) is 0 Å². The van der Waals surface area contributed by atoms with E-state index >= 15 is 0 Å². The van der Waals surface area contributed by atoms with Crippen LogP contribution < -0.4 is 9.47 Å². The number of hydrogen-bond donors (Lipinski definition) is 0. The molecule has 0 unspecified atom stereocenters. The number of carbonyl (C=O) groups is 1. The van der Waals surface area contributed by atoms with Crippen LogP contribution in [0.15, 0.2) is 42.5 Å². The molecule has 0 aliphatic carbocycles.